The highest BCUT2D eigenvalue weighted by Gasteiger charge is 2.45. The summed E-state index contributed by atoms with van der Waals surface area (Å²) in [6.45, 7) is 4.58. The number of aliphatic hydroxyl groups is 1. The highest BCUT2D eigenvalue weighted by atomic mass is 19.1. The number of piperazine rings is 1. The van der Waals surface area contributed by atoms with E-state index in [0.717, 1.165) is 31.7 Å². The molecule has 2 aromatic rings. The molecule has 2 fully saturated rings. The predicted octanol–water partition coefficient (Wildman–Crippen LogP) is 2.15. The normalized spacial score (nSPS) is 21.9. The van der Waals surface area contributed by atoms with Crippen LogP contribution < -0.4 is 5.32 Å². The number of rotatable bonds is 5. The first kappa shape index (κ1) is 20.3. The van der Waals surface area contributed by atoms with Crippen molar-refractivity contribution in [3.8, 4) is 0 Å². The van der Waals surface area contributed by atoms with Crippen molar-refractivity contribution in [3.63, 3.8) is 0 Å². The van der Waals surface area contributed by atoms with Crippen molar-refractivity contribution in [1.82, 2.24) is 15.1 Å². The molecule has 2 saturated heterocycles. The Balaban J connectivity index is 1.71. The molecule has 0 bridgehead atoms. The Kier molecular flexibility index (Phi) is 5.92. The molecular weight excluding hydrogens is 385 g/mol. The number of likely N-dealkylation sites (tertiary alicyclic amines) is 1. The fourth-order valence-electron chi connectivity index (χ4n) is 4.04. The van der Waals surface area contributed by atoms with E-state index in [1.807, 2.05) is 30.3 Å². The SMILES string of the molecule is O=C1C(=O)N(CCN2CCNCC2)[C@@H](c2ccccc2)C1=C(O)c1ccc(F)cc1. The fraction of sp³-hybridized carbons (Fsp3) is 0.304. The lowest BCUT2D eigenvalue weighted by atomic mass is 9.95. The lowest BCUT2D eigenvalue weighted by molar-refractivity contribution is -0.140. The molecule has 156 valence electrons. The minimum absolute atomic E-state index is 0.0399. The van der Waals surface area contributed by atoms with Crippen LogP contribution >= 0.6 is 0 Å². The van der Waals surface area contributed by atoms with Gasteiger partial charge in [0.15, 0.2) is 0 Å². The number of nitrogens with zero attached hydrogens (tertiary/aromatic N) is 2. The number of nitrogens with one attached hydrogen (secondary N) is 1. The number of carbonyl (C=O) groups excluding carboxylic acids is 2. The van der Waals surface area contributed by atoms with Crippen molar-refractivity contribution in [1.29, 1.82) is 0 Å². The number of benzene rings is 2. The molecule has 2 heterocycles. The van der Waals surface area contributed by atoms with Crippen LogP contribution in [0.4, 0.5) is 4.39 Å². The van der Waals surface area contributed by atoms with Crippen LogP contribution in [0.25, 0.3) is 5.76 Å². The summed E-state index contributed by atoms with van der Waals surface area (Å²) in [6.07, 6.45) is 0. The molecule has 0 aromatic heterocycles. The number of aliphatic hydroxyl groups excluding tert-OH is 1. The van der Waals surface area contributed by atoms with E-state index < -0.39 is 23.5 Å². The van der Waals surface area contributed by atoms with Gasteiger partial charge < -0.3 is 15.3 Å². The number of hydrogen-bond donors (Lipinski definition) is 2. The predicted molar refractivity (Wildman–Crippen MR) is 111 cm³/mol. The number of carbonyl (C=O) groups is 2. The van der Waals surface area contributed by atoms with E-state index in [1.54, 1.807) is 0 Å². The molecule has 0 unspecified atom stereocenters. The molecule has 7 heteroatoms. The van der Waals surface area contributed by atoms with Gasteiger partial charge in [0.2, 0.25) is 0 Å². The lowest BCUT2D eigenvalue weighted by Crippen LogP contribution is -2.46. The quantitative estimate of drug-likeness (QED) is 0.450. The van der Waals surface area contributed by atoms with Crippen LogP contribution in [0.1, 0.15) is 17.2 Å². The van der Waals surface area contributed by atoms with Gasteiger partial charge in [-0.05, 0) is 29.8 Å². The summed E-state index contributed by atoms with van der Waals surface area (Å²) in [5, 5.41) is 14.2. The first-order chi connectivity index (χ1) is 14.6. The summed E-state index contributed by atoms with van der Waals surface area (Å²) < 4.78 is 13.3. The van der Waals surface area contributed by atoms with E-state index in [9.17, 15) is 19.1 Å². The van der Waals surface area contributed by atoms with Crippen LogP contribution in [0.15, 0.2) is 60.2 Å². The second-order valence-corrected chi connectivity index (χ2v) is 7.50. The molecule has 4 rings (SSSR count). The Morgan fingerprint density at radius 1 is 1.00 bits per heavy atom. The number of ketones is 1. The smallest absolute Gasteiger partial charge is 0.295 e. The van der Waals surface area contributed by atoms with Gasteiger partial charge in [-0.1, -0.05) is 30.3 Å². The zero-order valence-electron chi connectivity index (χ0n) is 16.6. The Hall–Kier alpha value is -3.03. The van der Waals surface area contributed by atoms with E-state index in [2.05, 4.69) is 10.2 Å². The Labute approximate surface area is 174 Å². The minimum atomic E-state index is -0.717. The van der Waals surface area contributed by atoms with Crippen LogP contribution in [-0.2, 0) is 9.59 Å². The summed E-state index contributed by atoms with van der Waals surface area (Å²) in [5.41, 5.74) is 1.09. The van der Waals surface area contributed by atoms with E-state index in [4.69, 9.17) is 0 Å². The molecule has 0 radical (unpaired) electrons. The largest absolute Gasteiger partial charge is 0.507 e. The van der Waals surface area contributed by atoms with E-state index in [1.165, 1.54) is 29.2 Å². The maximum absolute atomic E-state index is 13.3. The van der Waals surface area contributed by atoms with Crippen LogP contribution in [0, 0.1) is 5.82 Å². The molecule has 0 saturated carbocycles. The van der Waals surface area contributed by atoms with Gasteiger partial charge in [0, 0.05) is 44.8 Å². The van der Waals surface area contributed by atoms with Gasteiger partial charge in [-0.15, -0.1) is 0 Å². The van der Waals surface area contributed by atoms with Crippen molar-refractivity contribution in [2.24, 2.45) is 0 Å². The highest BCUT2D eigenvalue weighted by Crippen LogP contribution is 2.39. The second kappa shape index (κ2) is 8.77. The molecule has 0 aliphatic carbocycles. The highest BCUT2D eigenvalue weighted by molar-refractivity contribution is 6.46. The third-order valence-electron chi connectivity index (χ3n) is 5.64. The van der Waals surface area contributed by atoms with Crippen LogP contribution in [0.5, 0.6) is 0 Å². The number of Topliss-reactive ketones (excluding diaryl/α,β-unsaturated/α-hetero) is 1. The topological polar surface area (TPSA) is 72.9 Å². The van der Waals surface area contributed by atoms with Crippen molar-refractivity contribution < 1.29 is 19.1 Å². The van der Waals surface area contributed by atoms with Crippen molar-refractivity contribution >= 4 is 17.4 Å². The average molecular weight is 409 g/mol. The van der Waals surface area contributed by atoms with Gasteiger partial charge in [-0.25, -0.2) is 4.39 Å². The van der Waals surface area contributed by atoms with Gasteiger partial charge in [0.05, 0.1) is 11.6 Å². The van der Waals surface area contributed by atoms with E-state index in [0.29, 0.717) is 18.7 Å². The molecule has 1 amide bonds. The molecule has 0 spiro atoms. The van der Waals surface area contributed by atoms with Gasteiger partial charge in [-0.3, -0.25) is 14.5 Å². The maximum Gasteiger partial charge on any atom is 0.295 e. The molecule has 2 aromatic carbocycles. The molecule has 6 nitrogen and oxygen atoms in total. The lowest BCUT2D eigenvalue weighted by Gasteiger charge is -2.31. The summed E-state index contributed by atoms with van der Waals surface area (Å²) in [6, 6.07) is 13.8. The maximum atomic E-state index is 13.3. The van der Waals surface area contributed by atoms with E-state index >= 15 is 0 Å². The third-order valence-corrected chi connectivity index (χ3v) is 5.64. The second-order valence-electron chi connectivity index (χ2n) is 7.50. The molecule has 2 N–H and O–H groups in total. The Morgan fingerprint density at radius 2 is 1.67 bits per heavy atom. The standard InChI is InChI=1S/C23H24FN3O3/c24-18-8-6-17(7-9-18)21(28)19-20(16-4-2-1-3-5-16)27(23(30)22(19)29)15-14-26-12-10-25-11-13-26/h1-9,20,25,28H,10-15H2/t20-/m0/s1. The van der Waals surface area contributed by atoms with Crippen LogP contribution in [0.2, 0.25) is 0 Å². The first-order valence-electron chi connectivity index (χ1n) is 10.1. The molecule has 30 heavy (non-hydrogen) atoms. The zero-order valence-corrected chi connectivity index (χ0v) is 16.6. The molecule has 1 atom stereocenters. The van der Waals surface area contributed by atoms with Crippen molar-refractivity contribution in [2.45, 2.75) is 6.04 Å². The van der Waals surface area contributed by atoms with Crippen LogP contribution in [0.3, 0.4) is 0 Å². The third kappa shape index (κ3) is 3.99. The number of halogens is 1. The minimum Gasteiger partial charge on any atom is -0.507 e. The van der Waals surface area contributed by atoms with Crippen molar-refractivity contribution in [2.75, 3.05) is 39.3 Å². The summed E-state index contributed by atoms with van der Waals surface area (Å²) in [4.78, 5) is 29.6. The first-order valence-corrected chi connectivity index (χ1v) is 10.1. The summed E-state index contributed by atoms with van der Waals surface area (Å²) in [7, 11) is 0. The summed E-state index contributed by atoms with van der Waals surface area (Å²) >= 11 is 0. The van der Waals surface area contributed by atoms with Crippen LogP contribution in [-0.4, -0.2) is 65.9 Å². The Bertz CT molecular complexity index is 953. The van der Waals surface area contributed by atoms with Crippen molar-refractivity contribution in [3.05, 3.63) is 77.1 Å². The Morgan fingerprint density at radius 3 is 2.33 bits per heavy atom. The van der Waals surface area contributed by atoms with Gasteiger partial charge in [0.1, 0.15) is 11.6 Å². The summed E-state index contributed by atoms with van der Waals surface area (Å²) in [5.74, 6) is -2.07. The molecular formula is C23H24FN3O3. The average Bonchev–Trinajstić information content (AvgIpc) is 3.04. The van der Waals surface area contributed by atoms with E-state index in [-0.39, 0.29) is 11.3 Å². The fourth-order valence-corrected chi connectivity index (χ4v) is 4.04. The number of hydrogen-bond acceptors (Lipinski definition) is 5. The van der Waals surface area contributed by atoms with Gasteiger partial charge in [-0.2, -0.15) is 0 Å². The monoisotopic (exact) mass is 409 g/mol. The molecule has 2 aliphatic heterocycles. The van der Waals surface area contributed by atoms with Gasteiger partial charge in [0.25, 0.3) is 11.7 Å². The molecule has 2 aliphatic rings. The number of amides is 1. The van der Waals surface area contributed by atoms with Gasteiger partial charge >= 0.3 is 0 Å². The zero-order chi connectivity index (χ0) is 21.1.